The van der Waals surface area contributed by atoms with Crippen molar-refractivity contribution in [2.24, 2.45) is 0 Å². The number of hydrogen-bond acceptors (Lipinski definition) is 3. The Morgan fingerprint density at radius 2 is 2.12 bits per heavy atom. The predicted molar refractivity (Wildman–Crippen MR) is 68.9 cm³/mol. The van der Waals surface area contributed by atoms with Gasteiger partial charge in [-0.2, -0.15) is 5.10 Å². The highest BCUT2D eigenvalue weighted by Crippen LogP contribution is 2.30. The van der Waals surface area contributed by atoms with Crippen LogP contribution in [0.1, 0.15) is 13.3 Å². The first kappa shape index (κ1) is 11.5. The first-order valence-electron chi connectivity index (χ1n) is 5.73. The number of ether oxygens (including phenoxy) is 1. The monoisotopic (exact) mass is 231 g/mol. The molecule has 0 saturated heterocycles. The molecule has 0 saturated carbocycles. The Morgan fingerprint density at radius 3 is 2.82 bits per heavy atom. The zero-order valence-corrected chi connectivity index (χ0v) is 10.2. The molecule has 0 aliphatic heterocycles. The fourth-order valence-corrected chi connectivity index (χ4v) is 1.89. The van der Waals surface area contributed by atoms with Gasteiger partial charge in [0.15, 0.2) is 0 Å². The van der Waals surface area contributed by atoms with Crippen LogP contribution in [-0.2, 0) is 6.54 Å². The van der Waals surface area contributed by atoms with E-state index in [2.05, 4.69) is 12.0 Å². The molecule has 0 atom stereocenters. The largest absolute Gasteiger partial charge is 0.496 e. The molecule has 0 amide bonds. The van der Waals surface area contributed by atoms with Crippen molar-refractivity contribution in [2.75, 3.05) is 12.8 Å². The van der Waals surface area contributed by atoms with Gasteiger partial charge in [0.2, 0.25) is 0 Å². The highest BCUT2D eigenvalue weighted by atomic mass is 16.5. The van der Waals surface area contributed by atoms with Crippen molar-refractivity contribution < 1.29 is 4.74 Å². The third kappa shape index (κ3) is 2.25. The number of nitrogen functional groups attached to an aromatic ring is 1. The summed E-state index contributed by atoms with van der Waals surface area (Å²) in [5.74, 6) is 1.38. The maximum absolute atomic E-state index is 5.77. The number of hydrogen-bond donors (Lipinski definition) is 1. The molecule has 1 heterocycles. The van der Waals surface area contributed by atoms with E-state index in [0.29, 0.717) is 5.82 Å². The summed E-state index contributed by atoms with van der Waals surface area (Å²) < 4.78 is 7.28. The van der Waals surface area contributed by atoms with Gasteiger partial charge in [0.1, 0.15) is 11.6 Å². The van der Waals surface area contributed by atoms with Crippen LogP contribution >= 0.6 is 0 Å². The van der Waals surface area contributed by atoms with E-state index in [-0.39, 0.29) is 0 Å². The zero-order chi connectivity index (χ0) is 12.3. The van der Waals surface area contributed by atoms with E-state index < -0.39 is 0 Å². The average molecular weight is 231 g/mol. The molecular formula is C13H17N3O. The van der Waals surface area contributed by atoms with Crippen molar-refractivity contribution in [3.05, 3.63) is 30.3 Å². The van der Waals surface area contributed by atoms with Gasteiger partial charge in [0.05, 0.1) is 12.8 Å². The number of aryl methyl sites for hydroxylation is 1. The quantitative estimate of drug-likeness (QED) is 0.879. The number of methoxy groups -OCH3 is 1. The number of nitrogens with two attached hydrogens (primary N) is 1. The van der Waals surface area contributed by atoms with Gasteiger partial charge in [0, 0.05) is 18.2 Å². The van der Waals surface area contributed by atoms with E-state index in [1.54, 1.807) is 7.11 Å². The summed E-state index contributed by atoms with van der Waals surface area (Å²) in [5.41, 5.74) is 7.79. The number of aromatic nitrogens is 2. The maximum atomic E-state index is 5.77. The van der Waals surface area contributed by atoms with Gasteiger partial charge in [-0.1, -0.05) is 19.1 Å². The van der Waals surface area contributed by atoms with Crippen LogP contribution in [0.4, 0.5) is 5.82 Å². The number of anilines is 1. The highest BCUT2D eigenvalue weighted by Gasteiger charge is 2.11. The summed E-state index contributed by atoms with van der Waals surface area (Å²) in [6, 6.07) is 9.77. The first-order valence-corrected chi connectivity index (χ1v) is 5.73. The van der Waals surface area contributed by atoms with Crippen LogP contribution in [0.25, 0.3) is 11.3 Å². The fraction of sp³-hybridized carbons (Fsp3) is 0.308. The minimum absolute atomic E-state index is 0.541. The van der Waals surface area contributed by atoms with E-state index in [0.717, 1.165) is 30.0 Å². The molecule has 2 rings (SSSR count). The average Bonchev–Trinajstić information content (AvgIpc) is 2.71. The molecule has 1 aromatic heterocycles. The molecule has 2 aromatic rings. The Hall–Kier alpha value is -1.97. The van der Waals surface area contributed by atoms with Crippen molar-refractivity contribution >= 4 is 5.82 Å². The maximum Gasteiger partial charge on any atom is 0.146 e. The lowest BCUT2D eigenvalue weighted by Crippen LogP contribution is -2.02. The summed E-state index contributed by atoms with van der Waals surface area (Å²) in [7, 11) is 1.67. The van der Waals surface area contributed by atoms with E-state index in [1.807, 2.05) is 35.0 Å². The topological polar surface area (TPSA) is 53.1 Å². The summed E-state index contributed by atoms with van der Waals surface area (Å²) >= 11 is 0. The van der Waals surface area contributed by atoms with Crippen molar-refractivity contribution in [3.63, 3.8) is 0 Å². The van der Waals surface area contributed by atoms with Gasteiger partial charge in [-0.3, -0.25) is 4.68 Å². The second kappa shape index (κ2) is 4.91. The molecule has 0 aliphatic rings. The van der Waals surface area contributed by atoms with Crippen LogP contribution in [-0.4, -0.2) is 16.9 Å². The second-order valence-electron chi connectivity index (χ2n) is 3.88. The van der Waals surface area contributed by atoms with Gasteiger partial charge in [-0.15, -0.1) is 0 Å². The van der Waals surface area contributed by atoms with Gasteiger partial charge < -0.3 is 10.5 Å². The second-order valence-corrected chi connectivity index (χ2v) is 3.88. The standard InChI is InChI=1S/C13H17N3O/c1-3-8-16-11(9-13(14)15-16)10-6-4-5-7-12(10)17-2/h4-7,9H,3,8H2,1-2H3,(H2,14,15). The number of nitrogens with zero attached hydrogens (tertiary/aromatic N) is 2. The summed E-state index contributed by atoms with van der Waals surface area (Å²) in [4.78, 5) is 0. The normalized spacial score (nSPS) is 10.5. The molecule has 0 spiro atoms. The van der Waals surface area contributed by atoms with Crippen molar-refractivity contribution in [3.8, 4) is 17.0 Å². The molecule has 0 aliphatic carbocycles. The lowest BCUT2D eigenvalue weighted by Gasteiger charge is -2.09. The molecular weight excluding hydrogens is 214 g/mol. The van der Waals surface area contributed by atoms with Crippen LogP contribution < -0.4 is 10.5 Å². The smallest absolute Gasteiger partial charge is 0.146 e. The van der Waals surface area contributed by atoms with Crippen LogP contribution in [0.5, 0.6) is 5.75 Å². The Morgan fingerprint density at radius 1 is 1.35 bits per heavy atom. The summed E-state index contributed by atoms with van der Waals surface area (Å²) in [5, 5.41) is 4.29. The number of para-hydroxylation sites is 1. The lowest BCUT2D eigenvalue weighted by molar-refractivity contribution is 0.416. The third-order valence-corrected chi connectivity index (χ3v) is 2.62. The number of benzene rings is 1. The highest BCUT2D eigenvalue weighted by molar-refractivity contribution is 5.69. The van der Waals surface area contributed by atoms with E-state index in [1.165, 1.54) is 0 Å². The molecule has 0 bridgehead atoms. The van der Waals surface area contributed by atoms with Crippen molar-refractivity contribution in [1.82, 2.24) is 9.78 Å². The molecule has 4 nitrogen and oxygen atoms in total. The Kier molecular flexibility index (Phi) is 3.32. The van der Waals surface area contributed by atoms with Crippen LogP contribution in [0.15, 0.2) is 30.3 Å². The molecule has 1 aromatic carbocycles. The Labute approximate surface area is 101 Å². The summed E-state index contributed by atoms with van der Waals surface area (Å²) in [6.07, 6.45) is 1.02. The minimum atomic E-state index is 0.541. The van der Waals surface area contributed by atoms with Crippen LogP contribution in [0.2, 0.25) is 0 Å². The van der Waals surface area contributed by atoms with Crippen LogP contribution in [0.3, 0.4) is 0 Å². The molecule has 90 valence electrons. The Bertz CT molecular complexity index is 505. The fourth-order valence-electron chi connectivity index (χ4n) is 1.89. The van der Waals surface area contributed by atoms with Crippen molar-refractivity contribution in [1.29, 1.82) is 0 Å². The molecule has 0 fully saturated rings. The minimum Gasteiger partial charge on any atom is -0.496 e. The predicted octanol–water partition coefficient (Wildman–Crippen LogP) is 2.55. The SMILES string of the molecule is CCCn1nc(N)cc1-c1ccccc1OC. The summed E-state index contributed by atoms with van der Waals surface area (Å²) in [6.45, 7) is 2.97. The molecule has 17 heavy (non-hydrogen) atoms. The third-order valence-electron chi connectivity index (χ3n) is 2.62. The van der Waals surface area contributed by atoms with Crippen LogP contribution in [0, 0.1) is 0 Å². The number of rotatable bonds is 4. The van der Waals surface area contributed by atoms with E-state index in [4.69, 9.17) is 10.5 Å². The molecule has 2 N–H and O–H groups in total. The lowest BCUT2D eigenvalue weighted by atomic mass is 10.1. The molecule has 0 unspecified atom stereocenters. The van der Waals surface area contributed by atoms with Gasteiger partial charge in [0.25, 0.3) is 0 Å². The molecule has 0 radical (unpaired) electrons. The first-order chi connectivity index (χ1) is 8.26. The van der Waals surface area contributed by atoms with Gasteiger partial charge in [-0.25, -0.2) is 0 Å². The van der Waals surface area contributed by atoms with Gasteiger partial charge in [-0.05, 0) is 18.6 Å². The van der Waals surface area contributed by atoms with E-state index >= 15 is 0 Å². The molecule has 4 heteroatoms. The zero-order valence-electron chi connectivity index (χ0n) is 10.2. The Balaban J connectivity index is 2.51. The van der Waals surface area contributed by atoms with Gasteiger partial charge >= 0.3 is 0 Å². The van der Waals surface area contributed by atoms with E-state index in [9.17, 15) is 0 Å². The van der Waals surface area contributed by atoms with Crippen molar-refractivity contribution in [2.45, 2.75) is 19.9 Å².